The Hall–Kier alpha value is -1.82. The van der Waals surface area contributed by atoms with E-state index in [1.54, 1.807) is 17.3 Å². The Balaban J connectivity index is 2.02. The van der Waals surface area contributed by atoms with Gasteiger partial charge in [-0.15, -0.1) is 0 Å². The predicted octanol–water partition coefficient (Wildman–Crippen LogP) is 1.90. The number of hydrogen-bond acceptors (Lipinski definition) is 3. The summed E-state index contributed by atoms with van der Waals surface area (Å²) < 4.78 is 7.48. The van der Waals surface area contributed by atoms with Crippen molar-refractivity contribution in [3.63, 3.8) is 0 Å². The number of carbonyl (C=O) groups is 1. The molecular formula is C15H23N3O3. The van der Waals surface area contributed by atoms with Gasteiger partial charge < -0.3 is 19.5 Å². The summed E-state index contributed by atoms with van der Waals surface area (Å²) in [5.74, 6) is 0. The van der Waals surface area contributed by atoms with E-state index in [-0.39, 0.29) is 17.6 Å². The maximum absolute atomic E-state index is 12.3. The van der Waals surface area contributed by atoms with E-state index >= 15 is 0 Å². The van der Waals surface area contributed by atoms with E-state index in [0.717, 1.165) is 19.4 Å². The van der Waals surface area contributed by atoms with Gasteiger partial charge in [-0.2, -0.15) is 0 Å². The highest BCUT2D eigenvalue weighted by atomic mass is 16.5. The fourth-order valence-corrected chi connectivity index (χ4v) is 2.41. The Kier molecular flexibility index (Phi) is 5.38. The van der Waals surface area contributed by atoms with Crippen LogP contribution < -0.4 is 10.7 Å². The first-order chi connectivity index (χ1) is 10.1. The summed E-state index contributed by atoms with van der Waals surface area (Å²) in [7, 11) is 0. The number of morpholine rings is 1. The first-order valence-corrected chi connectivity index (χ1v) is 7.51. The molecule has 1 N–H and O–H groups in total. The first-order valence-electron chi connectivity index (χ1n) is 7.51. The molecule has 0 unspecified atom stereocenters. The quantitative estimate of drug-likeness (QED) is 0.922. The summed E-state index contributed by atoms with van der Waals surface area (Å²) in [4.78, 5) is 25.8. The molecule has 1 saturated heterocycles. The minimum absolute atomic E-state index is 0.0950. The molecule has 1 aliphatic heterocycles. The van der Waals surface area contributed by atoms with Gasteiger partial charge in [0.15, 0.2) is 0 Å². The molecular weight excluding hydrogens is 270 g/mol. The Morgan fingerprint density at radius 3 is 3.00 bits per heavy atom. The molecule has 6 nitrogen and oxygen atoms in total. The highest BCUT2D eigenvalue weighted by molar-refractivity contribution is 5.89. The second-order valence-electron chi connectivity index (χ2n) is 5.21. The molecule has 0 aliphatic carbocycles. The Morgan fingerprint density at radius 2 is 2.29 bits per heavy atom. The summed E-state index contributed by atoms with van der Waals surface area (Å²) in [5.41, 5.74) is 0.148. The molecule has 0 spiro atoms. The number of ether oxygens (including phenoxy) is 1. The van der Waals surface area contributed by atoms with Crippen LogP contribution in [0.2, 0.25) is 0 Å². The fraction of sp³-hybridized carbons (Fsp3) is 0.600. The van der Waals surface area contributed by atoms with Crippen LogP contribution in [0.1, 0.15) is 26.7 Å². The van der Waals surface area contributed by atoms with Gasteiger partial charge in [0.05, 0.1) is 12.7 Å². The molecule has 0 radical (unpaired) electrons. The molecule has 1 aliphatic rings. The number of carbonyl (C=O) groups excluding carboxylic acids is 1. The van der Waals surface area contributed by atoms with Gasteiger partial charge in [-0.25, -0.2) is 4.79 Å². The summed E-state index contributed by atoms with van der Waals surface area (Å²) >= 11 is 0. The lowest BCUT2D eigenvalue weighted by molar-refractivity contribution is -0.0162. The van der Waals surface area contributed by atoms with Gasteiger partial charge in [0.2, 0.25) is 5.43 Å². The number of rotatable bonds is 4. The number of urea groups is 1. The average Bonchev–Trinajstić information content (AvgIpc) is 2.50. The third-order valence-electron chi connectivity index (χ3n) is 3.62. The van der Waals surface area contributed by atoms with E-state index < -0.39 is 0 Å². The van der Waals surface area contributed by atoms with Crippen molar-refractivity contribution < 1.29 is 9.53 Å². The SMILES string of the molecule is CCC[C@H]1CN(C(=O)Nc2cn(CC)ccc2=O)CCO1. The van der Waals surface area contributed by atoms with Gasteiger partial charge in [0.1, 0.15) is 5.69 Å². The number of nitrogens with one attached hydrogen (secondary N) is 1. The van der Waals surface area contributed by atoms with Gasteiger partial charge in [-0.05, 0) is 13.3 Å². The highest BCUT2D eigenvalue weighted by Crippen LogP contribution is 2.11. The summed E-state index contributed by atoms with van der Waals surface area (Å²) in [6, 6.07) is 1.24. The van der Waals surface area contributed by atoms with Gasteiger partial charge in [0.25, 0.3) is 0 Å². The summed E-state index contributed by atoms with van der Waals surface area (Å²) in [5, 5.41) is 2.72. The molecule has 1 aromatic rings. The molecule has 1 fully saturated rings. The van der Waals surface area contributed by atoms with Gasteiger partial charge in [-0.3, -0.25) is 4.79 Å². The van der Waals surface area contributed by atoms with Crippen LogP contribution in [0.3, 0.4) is 0 Å². The van der Waals surface area contributed by atoms with Crippen molar-refractivity contribution in [3.8, 4) is 0 Å². The van der Waals surface area contributed by atoms with Crippen LogP contribution >= 0.6 is 0 Å². The van der Waals surface area contributed by atoms with Crippen molar-refractivity contribution in [2.45, 2.75) is 39.3 Å². The zero-order valence-corrected chi connectivity index (χ0v) is 12.7. The van der Waals surface area contributed by atoms with Crippen LogP contribution in [-0.2, 0) is 11.3 Å². The standard InChI is InChI=1S/C15H23N3O3/c1-3-5-12-10-18(8-9-21-12)15(20)16-13-11-17(4-2)7-6-14(13)19/h6-7,11-12H,3-5,8-10H2,1-2H3,(H,16,20)/t12-/m0/s1. The van der Waals surface area contributed by atoms with Crippen molar-refractivity contribution in [2.24, 2.45) is 0 Å². The molecule has 2 heterocycles. The van der Waals surface area contributed by atoms with Crippen LogP contribution in [0.25, 0.3) is 0 Å². The largest absolute Gasteiger partial charge is 0.375 e. The van der Waals surface area contributed by atoms with E-state index in [2.05, 4.69) is 12.2 Å². The minimum Gasteiger partial charge on any atom is -0.375 e. The second-order valence-corrected chi connectivity index (χ2v) is 5.21. The zero-order valence-electron chi connectivity index (χ0n) is 12.7. The molecule has 0 saturated carbocycles. The van der Waals surface area contributed by atoms with Gasteiger partial charge >= 0.3 is 6.03 Å². The maximum atomic E-state index is 12.3. The Morgan fingerprint density at radius 1 is 1.48 bits per heavy atom. The Bertz CT molecular complexity index is 539. The lowest BCUT2D eigenvalue weighted by Gasteiger charge is -2.32. The van der Waals surface area contributed by atoms with Crippen molar-refractivity contribution in [3.05, 3.63) is 28.7 Å². The zero-order chi connectivity index (χ0) is 15.2. The normalized spacial score (nSPS) is 18.6. The average molecular weight is 293 g/mol. The van der Waals surface area contributed by atoms with Gasteiger partial charge in [0, 0.05) is 38.1 Å². The van der Waals surface area contributed by atoms with Gasteiger partial charge in [-0.1, -0.05) is 13.3 Å². The number of pyridine rings is 1. The lowest BCUT2D eigenvalue weighted by atomic mass is 10.2. The topological polar surface area (TPSA) is 63.6 Å². The molecule has 1 aromatic heterocycles. The van der Waals surface area contributed by atoms with E-state index in [4.69, 9.17) is 4.74 Å². The number of hydrogen-bond donors (Lipinski definition) is 1. The summed E-state index contributed by atoms with van der Waals surface area (Å²) in [6.45, 7) is 6.51. The number of amides is 2. The fourth-order valence-electron chi connectivity index (χ4n) is 2.41. The number of anilines is 1. The molecule has 0 aromatic carbocycles. The van der Waals surface area contributed by atoms with E-state index in [0.29, 0.717) is 25.4 Å². The third kappa shape index (κ3) is 4.07. The molecule has 116 valence electrons. The Labute approximate surface area is 124 Å². The van der Waals surface area contributed by atoms with Crippen molar-refractivity contribution >= 4 is 11.7 Å². The van der Waals surface area contributed by atoms with Crippen LogP contribution in [0, 0.1) is 0 Å². The van der Waals surface area contributed by atoms with Crippen LogP contribution in [0.15, 0.2) is 23.3 Å². The summed E-state index contributed by atoms with van der Waals surface area (Å²) in [6.07, 6.45) is 5.45. The van der Waals surface area contributed by atoms with Crippen molar-refractivity contribution in [1.29, 1.82) is 0 Å². The van der Waals surface area contributed by atoms with E-state index in [1.807, 2.05) is 11.5 Å². The predicted molar refractivity (Wildman–Crippen MR) is 81.6 cm³/mol. The molecule has 2 amide bonds. The van der Waals surface area contributed by atoms with Crippen LogP contribution in [-0.4, -0.2) is 41.3 Å². The lowest BCUT2D eigenvalue weighted by Crippen LogP contribution is -2.47. The first kappa shape index (κ1) is 15.6. The highest BCUT2D eigenvalue weighted by Gasteiger charge is 2.24. The van der Waals surface area contributed by atoms with Crippen LogP contribution in [0.5, 0.6) is 0 Å². The molecule has 21 heavy (non-hydrogen) atoms. The molecule has 0 bridgehead atoms. The van der Waals surface area contributed by atoms with Crippen molar-refractivity contribution in [2.75, 3.05) is 25.0 Å². The van der Waals surface area contributed by atoms with E-state index in [9.17, 15) is 9.59 Å². The molecule has 1 atom stereocenters. The van der Waals surface area contributed by atoms with Crippen LogP contribution in [0.4, 0.5) is 10.5 Å². The maximum Gasteiger partial charge on any atom is 0.322 e. The van der Waals surface area contributed by atoms with E-state index in [1.165, 1.54) is 6.07 Å². The number of nitrogens with zero attached hydrogens (tertiary/aromatic N) is 2. The third-order valence-corrected chi connectivity index (χ3v) is 3.62. The number of aromatic nitrogens is 1. The number of aryl methyl sites for hydroxylation is 1. The second kappa shape index (κ2) is 7.26. The molecule has 2 rings (SSSR count). The molecule has 6 heteroatoms. The minimum atomic E-state index is -0.231. The monoisotopic (exact) mass is 293 g/mol. The smallest absolute Gasteiger partial charge is 0.322 e. The van der Waals surface area contributed by atoms with Crippen molar-refractivity contribution in [1.82, 2.24) is 9.47 Å².